The SMILES string of the molecule is COc1ccc(OCC(O)Cn2c(C3CC(=O)N(C(C)(C)C)C3)nc3ccccc32)cc1. The molecule has 2 heterocycles. The van der Waals surface area contributed by atoms with Crippen LogP contribution in [0, 0.1) is 0 Å². The molecule has 7 nitrogen and oxygen atoms in total. The van der Waals surface area contributed by atoms with E-state index >= 15 is 0 Å². The Balaban J connectivity index is 1.53. The van der Waals surface area contributed by atoms with Crippen LogP contribution in [0.15, 0.2) is 48.5 Å². The summed E-state index contributed by atoms with van der Waals surface area (Å²) in [5, 5.41) is 10.8. The normalized spacial score (nSPS) is 17.7. The van der Waals surface area contributed by atoms with Crippen LogP contribution >= 0.6 is 0 Å². The minimum atomic E-state index is -0.732. The molecule has 0 spiro atoms. The number of imidazole rings is 1. The summed E-state index contributed by atoms with van der Waals surface area (Å²) in [5.74, 6) is 2.40. The van der Waals surface area contributed by atoms with E-state index < -0.39 is 6.10 Å². The van der Waals surface area contributed by atoms with Crippen molar-refractivity contribution in [1.29, 1.82) is 0 Å². The quantitative estimate of drug-likeness (QED) is 0.611. The molecule has 1 N–H and O–H groups in total. The van der Waals surface area contributed by atoms with Gasteiger partial charge in [-0.1, -0.05) is 12.1 Å². The van der Waals surface area contributed by atoms with Crippen molar-refractivity contribution in [2.75, 3.05) is 20.3 Å². The summed E-state index contributed by atoms with van der Waals surface area (Å²) in [7, 11) is 1.62. The number of amides is 1. The molecule has 0 saturated carbocycles. The molecule has 1 fully saturated rings. The maximum atomic E-state index is 12.7. The van der Waals surface area contributed by atoms with Crippen molar-refractivity contribution in [3.63, 3.8) is 0 Å². The number of fused-ring (bicyclic) bond motifs is 1. The molecule has 32 heavy (non-hydrogen) atoms. The molecule has 1 amide bonds. The van der Waals surface area contributed by atoms with Gasteiger partial charge >= 0.3 is 0 Å². The smallest absolute Gasteiger partial charge is 0.223 e. The van der Waals surface area contributed by atoms with Gasteiger partial charge in [-0.15, -0.1) is 0 Å². The number of carbonyl (C=O) groups is 1. The Kier molecular flexibility index (Phi) is 6.11. The lowest BCUT2D eigenvalue weighted by Gasteiger charge is -2.32. The largest absolute Gasteiger partial charge is 0.497 e. The van der Waals surface area contributed by atoms with Gasteiger partial charge in [0.1, 0.15) is 30.0 Å². The number of ether oxygens (including phenoxy) is 2. The minimum Gasteiger partial charge on any atom is -0.497 e. The molecule has 0 bridgehead atoms. The third-order valence-electron chi connectivity index (χ3n) is 5.88. The maximum absolute atomic E-state index is 12.7. The molecule has 7 heteroatoms. The lowest BCUT2D eigenvalue weighted by Crippen LogP contribution is -2.42. The second-order valence-corrected chi connectivity index (χ2v) is 9.29. The highest BCUT2D eigenvalue weighted by Crippen LogP contribution is 2.34. The number of methoxy groups -OCH3 is 1. The third kappa shape index (κ3) is 4.58. The summed E-state index contributed by atoms with van der Waals surface area (Å²) in [6.07, 6.45) is -0.303. The van der Waals surface area contributed by atoms with Crippen LogP contribution in [-0.2, 0) is 11.3 Å². The van der Waals surface area contributed by atoms with Crippen LogP contribution < -0.4 is 9.47 Å². The molecule has 1 saturated heterocycles. The Bertz CT molecular complexity index is 1080. The summed E-state index contributed by atoms with van der Waals surface area (Å²) < 4.78 is 13.0. The van der Waals surface area contributed by atoms with Crippen LogP contribution in [0.5, 0.6) is 11.5 Å². The topological polar surface area (TPSA) is 76.8 Å². The van der Waals surface area contributed by atoms with Gasteiger partial charge in [0.15, 0.2) is 0 Å². The molecule has 0 aliphatic carbocycles. The Labute approximate surface area is 188 Å². The molecule has 0 radical (unpaired) electrons. The zero-order chi connectivity index (χ0) is 22.9. The van der Waals surface area contributed by atoms with E-state index in [1.807, 2.05) is 58.0 Å². The summed E-state index contributed by atoms with van der Waals surface area (Å²) in [5.41, 5.74) is 1.59. The zero-order valence-electron chi connectivity index (χ0n) is 19.1. The molecule has 170 valence electrons. The van der Waals surface area contributed by atoms with Crippen LogP contribution in [-0.4, -0.2) is 57.4 Å². The summed E-state index contributed by atoms with van der Waals surface area (Å²) >= 11 is 0. The average Bonchev–Trinajstić information content (AvgIpc) is 3.33. The first-order chi connectivity index (χ1) is 15.3. The highest BCUT2D eigenvalue weighted by Gasteiger charge is 2.39. The van der Waals surface area contributed by atoms with Gasteiger partial charge in [-0.2, -0.15) is 0 Å². The van der Waals surface area contributed by atoms with Crippen LogP contribution in [0.2, 0.25) is 0 Å². The number of nitrogens with zero attached hydrogens (tertiary/aromatic N) is 3. The van der Waals surface area contributed by atoms with Crippen molar-refractivity contribution in [1.82, 2.24) is 14.5 Å². The standard InChI is InChI=1S/C25H31N3O4/c1-25(2,3)28-14-17(13-23(28)30)24-26-21-7-5-6-8-22(21)27(24)15-18(29)16-32-20-11-9-19(31-4)10-12-20/h5-12,17-18,29H,13-16H2,1-4H3. The summed E-state index contributed by atoms with van der Waals surface area (Å²) in [6.45, 7) is 7.27. The fourth-order valence-electron chi connectivity index (χ4n) is 4.25. The lowest BCUT2D eigenvalue weighted by molar-refractivity contribution is -0.131. The number of para-hydroxylation sites is 2. The average molecular weight is 438 g/mol. The van der Waals surface area contributed by atoms with E-state index in [9.17, 15) is 9.90 Å². The second kappa shape index (κ2) is 8.82. The van der Waals surface area contributed by atoms with E-state index in [0.717, 1.165) is 22.6 Å². The molecule has 1 aliphatic rings. The highest BCUT2D eigenvalue weighted by molar-refractivity contribution is 5.81. The molecule has 2 unspecified atom stereocenters. The fourth-order valence-corrected chi connectivity index (χ4v) is 4.25. The van der Waals surface area contributed by atoms with Crippen LogP contribution in [0.3, 0.4) is 0 Å². The summed E-state index contributed by atoms with van der Waals surface area (Å²) in [6, 6.07) is 15.2. The molecule has 1 aromatic heterocycles. The Hall–Kier alpha value is -3.06. The molecular weight excluding hydrogens is 406 g/mol. The van der Waals surface area contributed by atoms with Crippen molar-refractivity contribution < 1.29 is 19.4 Å². The Morgan fingerprint density at radius 2 is 1.81 bits per heavy atom. The van der Waals surface area contributed by atoms with Crippen LogP contribution in [0.4, 0.5) is 0 Å². The van der Waals surface area contributed by atoms with E-state index in [1.165, 1.54) is 0 Å². The first-order valence-corrected chi connectivity index (χ1v) is 11.0. The molecule has 1 aliphatic heterocycles. The van der Waals surface area contributed by atoms with Crippen LogP contribution in [0.1, 0.15) is 38.9 Å². The molecule has 2 atom stereocenters. The van der Waals surface area contributed by atoms with Crippen molar-refractivity contribution in [3.05, 3.63) is 54.4 Å². The predicted molar refractivity (Wildman–Crippen MR) is 123 cm³/mol. The van der Waals surface area contributed by atoms with Crippen molar-refractivity contribution >= 4 is 16.9 Å². The second-order valence-electron chi connectivity index (χ2n) is 9.29. The minimum absolute atomic E-state index is 0.0103. The monoisotopic (exact) mass is 437 g/mol. The number of carbonyl (C=O) groups excluding carboxylic acids is 1. The molecule has 4 rings (SSSR count). The van der Waals surface area contributed by atoms with Crippen molar-refractivity contribution in [2.45, 2.75) is 51.3 Å². The molecule has 2 aromatic carbocycles. The van der Waals surface area contributed by atoms with Gasteiger partial charge in [0, 0.05) is 24.4 Å². The lowest BCUT2D eigenvalue weighted by atomic mass is 10.1. The summed E-state index contributed by atoms with van der Waals surface area (Å²) in [4.78, 5) is 19.4. The van der Waals surface area contributed by atoms with E-state index in [0.29, 0.717) is 25.3 Å². The van der Waals surface area contributed by atoms with Gasteiger partial charge < -0.3 is 24.0 Å². The van der Waals surface area contributed by atoms with E-state index in [-0.39, 0.29) is 24.0 Å². The Morgan fingerprint density at radius 1 is 1.12 bits per heavy atom. The fraction of sp³-hybridized carbons (Fsp3) is 0.440. The number of aliphatic hydroxyl groups excluding tert-OH is 1. The van der Waals surface area contributed by atoms with Gasteiger partial charge in [-0.25, -0.2) is 4.98 Å². The van der Waals surface area contributed by atoms with Gasteiger partial charge in [0.05, 0.1) is 24.7 Å². The number of benzene rings is 2. The van der Waals surface area contributed by atoms with Crippen LogP contribution in [0.25, 0.3) is 11.0 Å². The van der Waals surface area contributed by atoms with Gasteiger partial charge in [-0.3, -0.25) is 4.79 Å². The van der Waals surface area contributed by atoms with Crippen molar-refractivity contribution in [2.24, 2.45) is 0 Å². The highest BCUT2D eigenvalue weighted by atomic mass is 16.5. The Morgan fingerprint density at radius 3 is 2.47 bits per heavy atom. The number of hydrogen-bond acceptors (Lipinski definition) is 5. The maximum Gasteiger partial charge on any atom is 0.223 e. The van der Waals surface area contributed by atoms with Crippen molar-refractivity contribution in [3.8, 4) is 11.5 Å². The van der Waals surface area contributed by atoms with E-state index in [1.54, 1.807) is 7.11 Å². The van der Waals surface area contributed by atoms with Gasteiger partial charge in [0.2, 0.25) is 5.91 Å². The third-order valence-corrected chi connectivity index (χ3v) is 5.88. The number of rotatable bonds is 7. The number of likely N-dealkylation sites (tertiary alicyclic amines) is 1. The first kappa shape index (κ1) is 22.1. The zero-order valence-corrected chi connectivity index (χ0v) is 19.1. The van der Waals surface area contributed by atoms with Gasteiger partial charge in [0.25, 0.3) is 0 Å². The first-order valence-electron chi connectivity index (χ1n) is 11.0. The van der Waals surface area contributed by atoms with Gasteiger partial charge in [-0.05, 0) is 57.2 Å². The molecular formula is C25H31N3O4. The number of aromatic nitrogens is 2. The van der Waals surface area contributed by atoms with E-state index in [4.69, 9.17) is 14.5 Å². The predicted octanol–water partition coefficient (Wildman–Crippen LogP) is 3.60. The molecule has 3 aromatic rings. The number of hydrogen-bond donors (Lipinski definition) is 1. The number of aliphatic hydroxyl groups is 1. The van der Waals surface area contributed by atoms with E-state index in [2.05, 4.69) is 20.8 Å².